The van der Waals surface area contributed by atoms with E-state index in [1.54, 1.807) is 44.4 Å². The Morgan fingerprint density at radius 1 is 1.39 bits per heavy atom. The monoisotopic (exact) mass is 247 g/mol. The topological polar surface area (TPSA) is 42.4 Å². The standard InChI is InChI=1S/C14H14FNO2/c1-9-6-14(12(10(2)17)7-13(9)15)18-11-4-3-5-16-8-11/h3-8,10,17H,1-2H3. The van der Waals surface area contributed by atoms with E-state index in [4.69, 9.17) is 4.74 Å². The first kappa shape index (κ1) is 12.5. The van der Waals surface area contributed by atoms with Crippen molar-refractivity contribution in [2.75, 3.05) is 0 Å². The molecule has 94 valence electrons. The van der Waals surface area contributed by atoms with Crippen molar-refractivity contribution < 1.29 is 14.2 Å². The van der Waals surface area contributed by atoms with E-state index in [0.717, 1.165) is 0 Å². The molecule has 1 unspecified atom stereocenters. The van der Waals surface area contributed by atoms with Crippen molar-refractivity contribution in [1.29, 1.82) is 0 Å². The average molecular weight is 247 g/mol. The molecule has 0 aliphatic carbocycles. The zero-order valence-electron chi connectivity index (χ0n) is 10.2. The van der Waals surface area contributed by atoms with Gasteiger partial charge in [0.1, 0.15) is 17.3 Å². The minimum atomic E-state index is -0.799. The van der Waals surface area contributed by atoms with Crippen molar-refractivity contribution in [2.24, 2.45) is 0 Å². The van der Waals surface area contributed by atoms with Crippen molar-refractivity contribution >= 4 is 0 Å². The quantitative estimate of drug-likeness (QED) is 0.904. The lowest BCUT2D eigenvalue weighted by Gasteiger charge is -2.14. The number of aliphatic hydroxyl groups is 1. The molecule has 0 aliphatic rings. The molecule has 0 saturated carbocycles. The molecule has 1 aromatic carbocycles. The van der Waals surface area contributed by atoms with Gasteiger partial charge in [-0.1, -0.05) is 0 Å². The molecule has 18 heavy (non-hydrogen) atoms. The van der Waals surface area contributed by atoms with Gasteiger partial charge in [0.2, 0.25) is 0 Å². The summed E-state index contributed by atoms with van der Waals surface area (Å²) < 4.78 is 19.1. The van der Waals surface area contributed by atoms with E-state index in [0.29, 0.717) is 22.6 Å². The number of ether oxygens (including phenoxy) is 1. The van der Waals surface area contributed by atoms with Crippen LogP contribution >= 0.6 is 0 Å². The summed E-state index contributed by atoms with van der Waals surface area (Å²) in [5.74, 6) is 0.631. The number of aryl methyl sites for hydroxylation is 1. The van der Waals surface area contributed by atoms with E-state index < -0.39 is 6.10 Å². The third-order valence-corrected chi connectivity index (χ3v) is 2.60. The van der Waals surface area contributed by atoms with Gasteiger partial charge in [0.05, 0.1) is 12.3 Å². The molecular weight excluding hydrogens is 233 g/mol. The molecule has 0 radical (unpaired) electrons. The Bertz CT molecular complexity index is 541. The van der Waals surface area contributed by atoms with E-state index in [2.05, 4.69) is 4.98 Å². The minimum Gasteiger partial charge on any atom is -0.455 e. The average Bonchev–Trinajstić information content (AvgIpc) is 2.34. The number of hydrogen-bond acceptors (Lipinski definition) is 3. The Morgan fingerprint density at radius 2 is 2.17 bits per heavy atom. The Labute approximate surface area is 105 Å². The van der Waals surface area contributed by atoms with E-state index >= 15 is 0 Å². The number of pyridine rings is 1. The van der Waals surface area contributed by atoms with Gasteiger partial charge < -0.3 is 9.84 Å². The van der Waals surface area contributed by atoms with Gasteiger partial charge >= 0.3 is 0 Å². The molecular formula is C14H14FNO2. The van der Waals surface area contributed by atoms with Crippen LogP contribution in [-0.4, -0.2) is 10.1 Å². The SMILES string of the molecule is Cc1cc(Oc2cccnc2)c(C(C)O)cc1F. The lowest BCUT2D eigenvalue weighted by atomic mass is 10.1. The van der Waals surface area contributed by atoms with Crippen LogP contribution in [0.3, 0.4) is 0 Å². The smallest absolute Gasteiger partial charge is 0.145 e. The fraction of sp³-hybridized carbons (Fsp3) is 0.214. The molecule has 1 atom stereocenters. The Morgan fingerprint density at radius 3 is 2.78 bits per heavy atom. The first-order chi connectivity index (χ1) is 8.58. The number of rotatable bonds is 3. The van der Waals surface area contributed by atoms with Gasteiger partial charge in [-0.05, 0) is 43.7 Å². The maximum Gasteiger partial charge on any atom is 0.145 e. The maximum absolute atomic E-state index is 13.5. The molecule has 1 N–H and O–H groups in total. The molecule has 3 nitrogen and oxygen atoms in total. The van der Waals surface area contributed by atoms with E-state index in [1.807, 2.05) is 0 Å². The summed E-state index contributed by atoms with van der Waals surface area (Å²) in [6.07, 6.45) is 2.40. The molecule has 2 aromatic rings. The number of nitrogens with zero attached hydrogens (tertiary/aromatic N) is 1. The number of benzene rings is 1. The largest absolute Gasteiger partial charge is 0.455 e. The Kier molecular flexibility index (Phi) is 3.58. The van der Waals surface area contributed by atoms with Crippen LogP contribution < -0.4 is 4.74 Å². The Hall–Kier alpha value is -1.94. The predicted octanol–water partition coefficient (Wildman–Crippen LogP) is 3.37. The molecule has 0 spiro atoms. The van der Waals surface area contributed by atoms with Gasteiger partial charge in [0.25, 0.3) is 0 Å². The van der Waals surface area contributed by atoms with Crippen molar-refractivity contribution in [3.05, 3.63) is 53.6 Å². The van der Waals surface area contributed by atoms with Crippen LogP contribution in [0, 0.1) is 12.7 Å². The molecule has 1 heterocycles. The first-order valence-corrected chi connectivity index (χ1v) is 5.64. The zero-order chi connectivity index (χ0) is 13.1. The van der Waals surface area contributed by atoms with Crippen LogP contribution in [-0.2, 0) is 0 Å². The third-order valence-electron chi connectivity index (χ3n) is 2.60. The molecule has 4 heteroatoms. The zero-order valence-corrected chi connectivity index (χ0v) is 10.2. The highest BCUT2D eigenvalue weighted by Crippen LogP contribution is 2.31. The van der Waals surface area contributed by atoms with Gasteiger partial charge in [-0.2, -0.15) is 0 Å². The van der Waals surface area contributed by atoms with Crippen LogP contribution in [0.1, 0.15) is 24.2 Å². The number of hydrogen-bond donors (Lipinski definition) is 1. The molecule has 0 saturated heterocycles. The van der Waals surface area contributed by atoms with Gasteiger partial charge in [-0.3, -0.25) is 4.98 Å². The fourth-order valence-corrected chi connectivity index (χ4v) is 1.62. The third kappa shape index (κ3) is 2.65. The lowest BCUT2D eigenvalue weighted by Crippen LogP contribution is -1.99. The van der Waals surface area contributed by atoms with Crippen LogP contribution in [0.15, 0.2) is 36.7 Å². The number of aromatic nitrogens is 1. The second-order valence-corrected chi connectivity index (χ2v) is 4.11. The van der Waals surface area contributed by atoms with Crippen LogP contribution in [0.2, 0.25) is 0 Å². The van der Waals surface area contributed by atoms with Gasteiger partial charge in [0, 0.05) is 11.8 Å². The number of halogens is 1. The molecule has 0 fully saturated rings. The maximum atomic E-state index is 13.5. The van der Waals surface area contributed by atoms with Crippen molar-refractivity contribution in [1.82, 2.24) is 4.98 Å². The normalized spacial score (nSPS) is 12.2. The minimum absolute atomic E-state index is 0.357. The van der Waals surface area contributed by atoms with Crippen LogP contribution in [0.4, 0.5) is 4.39 Å². The van der Waals surface area contributed by atoms with Gasteiger partial charge in [-0.15, -0.1) is 0 Å². The van der Waals surface area contributed by atoms with Crippen LogP contribution in [0.5, 0.6) is 11.5 Å². The predicted molar refractivity (Wildman–Crippen MR) is 66.1 cm³/mol. The summed E-state index contributed by atoms with van der Waals surface area (Å²) in [4.78, 5) is 3.93. The van der Waals surface area contributed by atoms with E-state index in [-0.39, 0.29) is 5.82 Å². The summed E-state index contributed by atoms with van der Waals surface area (Å²) in [7, 11) is 0. The highest BCUT2D eigenvalue weighted by molar-refractivity contribution is 5.41. The highest BCUT2D eigenvalue weighted by Gasteiger charge is 2.13. The molecule has 0 amide bonds. The summed E-state index contributed by atoms with van der Waals surface area (Å²) >= 11 is 0. The lowest BCUT2D eigenvalue weighted by molar-refractivity contribution is 0.195. The molecule has 0 aliphatic heterocycles. The first-order valence-electron chi connectivity index (χ1n) is 5.64. The number of aliphatic hydroxyl groups excluding tert-OH is 1. The van der Waals surface area contributed by atoms with Gasteiger partial charge in [-0.25, -0.2) is 4.39 Å². The van der Waals surface area contributed by atoms with Gasteiger partial charge in [0.15, 0.2) is 0 Å². The van der Waals surface area contributed by atoms with Crippen molar-refractivity contribution in [3.8, 4) is 11.5 Å². The molecule has 1 aromatic heterocycles. The fourth-order valence-electron chi connectivity index (χ4n) is 1.62. The van der Waals surface area contributed by atoms with Crippen molar-refractivity contribution in [2.45, 2.75) is 20.0 Å². The van der Waals surface area contributed by atoms with E-state index in [9.17, 15) is 9.50 Å². The van der Waals surface area contributed by atoms with E-state index in [1.165, 1.54) is 6.07 Å². The summed E-state index contributed by atoms with van der Waals surface area (Å²) in [6.45, 7) is 3.22. The summed E-state index contributed by atoms with van der Waals surface area (Å²) in [6, 6.07) is 6.36. The van der Waals surface area contributed by atoms with Crippen LogP contribution in [0.25, 0.3) is 0 Å². The second kappa shape index (κ2) is 5.14. The van der Waals surface area contributed by atoms with Crippen molar-refractivity contribution in [3.63, 3.8) is 0 Å². The second-order valence-electron chi connectivity index (χ2n) is 4.11. The molecule has 0 bridgehead atoms. The summed E-state index contributed by atoms with van der Waals surface area (Å²) in [5.41, 5.74) is 0.889. The summed E-state index contributed by atoms with van der Waals surface area (Å²) in [5, 5.41) is 9.64. The molecule has 2 rings (SSSR count). The highest BCUT2D eigenvalue weighted by atomic mass is 19.1. The Balaban J connectivity index is 2.40.